The Kier molecular flexibility index (Phi) is 9.12. The van der Waals surface area contributed by atoms with E-state index in [1.807, 2.05) is 0 Å². The third-order valence-electron chi connectivity index (χ3n) is 8.21. The van der Waals surface area contributed by atoms with Crippen LogP contribution in [-0.4, -0.2) is 65.3 Å². The molecule has 0 saturated carbocycles. The highest BCUT2D eigenvalue weighted by molar-refractivity contribution is 7.18. The van der Waals surface area contributed by atoms with Crippen molar-refractivity contribution in [1.82, 2.24) is 9.88 Å². The van der Waals surface area contributed by atoms with E-state index >= 15 is 4.39 Å². The van der Waals surface area contributed by atoms with Crippen molar-refractivity contribution in [3.63, 3.8) is 0 Å². The molecular formula is C29H38F2N3O4P. The number of hydrogen-bond acceptors (Lipinski definition) is 6. The number of carboxylic acids is 1. The van der Waals surface area contributed by atoms with Crippen LogP contribution in [0.1, 0.15) is 60.5 Å². The number of rotatable bonds is 12. The number of carbonyl (C=O) groups is 1. The summed E-state index contributed by atoms with van der Waals surface area (Å²) in [4.78, 5) is 18.9. The van der Waals surface area contributed by atoms with Crippen LogP contribution in [0, 0.1) is 11.7 Å². The highest BCUT2D eigenvalue weighted by Gasteiger charge is 2.43. The zero-order valence-electron chi connectivity index (χ0n) is 22.2. The minimum atomic E-state index is -1.50. The maximum Gasteiger partial charge on any atom is 0.325 e. The number of benzene rings is 1. The van der Waals surface area contributed by atoms with Crippen molar-refractivity contribution in [2.24, 2.45) is 5.92 Å². The van der Waals surface area contributed by atoms with Crippen molar-refractivity contribution in [1.29, 1.82) is 0 Å². The van der Waals surface area contributed by atoms with Crippen LogP contribution < -0.4 is 5.32 Å². The van der Waals surface area contributed by atoms with Gasteiger partial charge in [0.05, 0.1) is 19.8 Å². The van der Waals surface area contributed by atoms with Gasteiger partial charge in [0.15, 0.2) is 0 Å². The summed E-state index contributed by atoms with van der Waals surface area (Å²) < 4.78 is 41.5. The molecule has 4 atom stereocenters. The first-order valence-electron chi connectivity index (χ1n) is 14.0. The number of aryl methyl sites for hydroxylation is 2. The van der Waals surface area contributed by atoms with Gasteiger partial charge in [-0.25, -0.2) is 13.8 Å². The number of hydrogen-bond donors (Lipinski definition) is 2. The van der Waals surface area contributed by atoms with Crippen LogP contribution in [0.3, 0.4) is 0 Å². The lowest BCUT2D eigenvalue weighted by Gasteiger charge is -2.31. The number of ether oxygens (including phenoxy) is 2. The van der Waals surface area contributed by atoms with Crippen molar-refractivity contribution in [3.05, 3.63) is 58.5 Å². The number of fused-ring (bicyclic) bond motifs is 1. The van der Waals surface area contributed by atoms with Crippen LogP contribution in [0.25, 0.3) is 0 Å². The number of halogens is 2. The van der Waals surface area contributed by atoms with E-state index in [2.05, 4.69) is 26.7 Å². The lowest BCUT2D eigenvalue weighted by Crippen LogP contribution is -2.37. The van der Waals surface area contributed by atoms with E-state index in [9.17, 15) is 14.3 Å². The van der Waals surface area contributed by atoms with E-state index in [-0.39, 0.29) is 24.2 Å². The van der Waals surface area contributed by atoms with Crippen molar-refractivity contribution in [2.45, 2.75) is 69.1 Å². The molecule has 5 rings (SSSR count). The number of anilines is 1. The molecule has 0 amide bonds. The molecule has 39 heavy (non-hydrogen) atoms. The predicted octanol–water partition coefficient (Wildman–Crippen LogP) is 4.90. The molecule has 1 aromatic heterocycles. The van der Waals surface area contributed by atoms with Gasteiger partial charge in [-0.05, 0) is 74.8 Å². The third-order valence-corrected chi connectivity index (χ3v) is 8.97. The number of nitrogens with one attached hydrogen (secondary N) is 1. The van der Waals surface area contributed by atoms with Crippen LogP contribution in [0.5, 0.6) is 0 Å². The molecule has 4 heterocycles. The summed E-state index contributed by atoms with van der Waals surface area (Å²) in [6.07, 6.45) is 5.33. The van der Waals surface area contributed by atoms with Crippen LogP contribution in [0.15, 0.2) is 30.3 Å². The molecule has 3 aliphatic heterocycles. The number of aromatic nitrogens is 1. The lowest BCUT2D eigenvalue weighted by molar-refractivity contribution is -0.143. The van der Waals surface area contributed by atoms with Gasteiger partial charge in [0.1, 0.15) is 29.2 Å². The minimum absolute atomic E-state index is 0.0249. The van der Waals surface area contributed by atoms with Crippen LogP contribution in [0.4, 0.5) is 14.6 Å². The number of unbranched alkanes of at least 4 members (excludes halogenated alkanes) is 1. The topological polar surface area (TPSA) is 83.9 Å². The largest absolute Gasteiger partial charge is 0.480 e. The molecule has 10 heteroatoms. The number of likely N-dealkylation sites (tertiary alicyclic amines) is 1. The summed E-state index contributed by atoms with van der Waals surface area (Å²) >= 11 is 0. The van der Waals surface area contributed by atoms with E-state index in [4.69, 9.17) is 14.5 Å². The fourth-order valence-electron chi connectivity index (χ4n) is 5.81. The average Bonchev–Trinajstić information content (AvgIpc) is 3.38. The van der Waals surface area contributed by atoms with Gasteiger partial charge >= 0.3 is 5.97 Å². The molecular weight excluding hydrogens is 523 g/mol. The second-order valence-electron chi connectivity index (χ2n) is 11.0. The first-order chi connectivity index (χ1) is 18.8. The van der Waals surface area contributed by atoms with E-state index in [1.54, 1.807) is 11.0 Å². The Morgan fingerprint density at radius 1 is 1.31 bits per heavy atom. The molecule has 1 aromatic carbocycles. The number of nitrogens with zero attached hydrogens (tertiary/aromatic N) is 2. The number of pyridine rings is 1. The van der Waals surface area contributed by atoms with Crippen molar-refractivity contribution >= 4 is 21.0 Å². The molecule has 2 aromatic rings. The summed E-state index contributed by atoms with van der Waals surface area (Å²) in [7, 11) is 2.39. The molecule has 0 bridgehead atoms. The Morgan fingerprint density at radius 2 is 2.15 bits per heavy atom. The molecule has 7 nitrogen and oxygen atoms in total. The molecule has 2 saturated heterocycles. The monoisotopic (exact) mass is 561 g/mol. The molecule has 3 unspecified atom stereocenters. The van der Waals surface area contributed by atoms with Gasteiger partial charge in [0, 0.05) is 30.3 Å². The van der Waals surface area contributed by atoms with Gasteiger partial charge in [-0.1, -0.05) is 27.4 Å². The van der Waals surface area contributed by atoms with E-state index < -0.39 is 23.2 Å². The zero-order valence-corrected chi connectivity index (χ0v) is 23.4. The Morgan fingerprint density at radius 3 is 2.92 bits per heavy atom. The lowest BCUT2D eigenvalue weighted by atomic mass is 9.96. The fourth-order valence-corrected chi connectivity index (χ4v) is 6.29. The fraction of sp³-hybridized carbons (Fsp3) is 0.586. The van der Waals surface area contributed by atoms with Gasteiger partial charge < -0.3 is 19.9 Å². The molecule has 0 spiro atoms. The van der Waals surface area contributed by atoms with Gasteiger partial charge in [0.2, 0.25) is 0 Å². The van der Waals surface area contributed by atoms with Gasteiger partial charge in [-0.2, -0.15) is 0 Å². The SMILES string of the molecule is O=C(O)C(c1cccc(F)c1COC1COC1)N1CC[C@@H](C(F)(P)CCCCc2ccc3c(n2)NCCC3)C1. The molecule has 0 radical (unpaired) electrons. The smallest absolute Gasteiger partial charge is 0.325 e. The second kappa shape index (κ2) is 12.5. The summed E-state index contributed by atoms with van der Waals surface area (Å²) in [5.74, 6) is -0.913. The average molecular weight is 562 g/mol. The molecule has 0 aliphatic carbocycles. The second-order valence-corrected chi connectivity index (χ2v) is 11.9. The normalized spacial score (nSPS) is 22.0. The number of carboxylic acid groups (broad SMARTS) is 1. The summed E-state index contributed by atoms with van der Waals surface area (Å²) in [6, 6.07) is 7.62. The van der Waals surface area contributed by atoms with E-state index in [0.717, 1.165) is 43.7 Å². The van der Waals surface area contributed by atoms with Crippen molar-refractivity contribution in [3.8, 4) is 0 Å². The molecule has 3 aliphatic rings. The van der Waals surface area contributed by atoms with Crippen LogP contribution >= 0.6 is 9.24 Å². The summed E-state index contributed by atoms with van der Waals surface area (Å²) in [5.41, 5.74) is 2.88. The van der Waals surface area contributed by atoms with Gasteiger partial charge in [-0.3, -0.25) is 9.69 Å². The highest BCUT2D eigenvalue weighted by Crippen LogP contribution is 2.43. The maximum atomic E-state index is 15.9. The summed E-state index contributed by atoms with van der Waals surface area (Å²) in [5, 5.41) is 12.0. The maximum absolute atomic E-state index is 15.9. The molecule has 212 valence electrons. The number of aliphatic carboxylic acids is 1. The summed E-state index contributed by atoms with van der Waals surface area (Å²) in [6.45, 7) is 2.56. The molecule has 2 N–H and O–H groups in total. The quantitative estimate of drug-likeness (QED) is 0.282. The van der Waals surface area contributed by atoms with Crippen molar-refractivity contribution in [2.75, 3.05) is 38.2 Å². The Labute approximate surface area is 230 Å². The third kappa shape index (κ3) is 6.76. The standard InChI is InChI=1S/C29H38F2N3O4P/c30-25-8-3-7-23(24(25)18-38-22-16-37-17-22)26(28(35)36)34-14-11-20(15-34)29(31,39)12-2-1-6-21-10-9-19-5-4-13-32-27(19)33-21/h3,7-10,20,22,26H,1-2,4-6,11-18,39H2,(H,32,33)(H,35,36)/t20-,26?,29?/m1/s1. The zero-order chi connectivity index (χ0) is 27.4. The van der Waals surface area contributed by atoms with Crippen LogP contribution in [0.2, 0.25) is 0 Å². The van der Waals surface area contributed by atoms with E-state index in [1.165, 1.54) is 17.7 Å². The Bertz CT molecular complexity index is 1160. The molecule has 2 fully saturated rings. The first kappa shape index (κ1) is 28.3. The van der Waals surface area contributed by atoms with Crippen LogP contribution in [-0.2, 0) is 33.7 Å². The van der Waals surface area contributed by atoms with Crippen molar-refractivity contribution < 1.29 is 28.2 Å². The highest BCUT2D eigenvalue weighted by atomic mass is 31.0. The Balaban J connectivity index is 1.17. The minimum Gasteiger partial charge on any atom is -0.480 e. The van der Waals surface area contributed by atoms with Gasteiger partial charge in [-0.15, -0.1) is 0 Å². The number of alkyl halides is 1. The predicted molar refractivity (Wildman–Crippen MR) is 148 cm³/mol. The van der Waals surface area contributed by atoms with E-state index in [0.29, 0.717) is 51.1 Å². The Hall–Kier alpha value is -2.19. The van der Waals surface area contributed by atoms with Gasteiger partial charge in [0.25, 0.3) is 0 Å². The first-order valence-corrected chi connectivity index (χ1v) is 14.5.